The standard InChI is InChI=1S/C15H22N2O3S/c1-2-16-21(19,20)14-10-11-17(12-14)15(18)9-8-13-6-4-3-5-7-13/h3-7,14,16H,2,8-12H2,1H3/t14-/m0/s1. The Labute approximate surface area is 126 Å². The third-order valence-corrected chi connectivity index (χ3v) is 5.71. The molecule has 5 nitrogen and oxygen atoms in total. The van der Waals surface area contributed by atoms with E-state index < -0.39 is 15.3 Å². The van der Waals surface area contributed by atoms with Crippen LogP contribution in [0.4, 0.5) is 0 Å². The number of amides is 1. The summed E-state index contributed by atoms with van der Waals surface area (Å²) in [5, 5.41) is -0.474. The molecule has 1 fully saturated rings. The molecule has 2 rings (SSSR count). The summed E-state index contributed by atoms with van der Waals surface area (Å²) in [5.74, 6) is 0.0352. The van der Waals surface area contributed by atoms with E-state index in [-0.39, 0.29) is 5.91 Å². The molecular weight excluding hydrogens is 288 g/mol. The van der Waals surface area contributed by atoms with E-state index >= 15 is 0 Å². The number of benzene rings is 1. The van der Waals surface area contributed by atoms with Gasteiger partial charge in [-0.15, -0.1) is 0 Å². The number of hydrogen-bond donors (Lipinski definition) is 1. The Bertz CT molecular complexity index is 572. The van der Waals surface area contributed by atoms with Gasteiger partial charge in [-0.2, -0.15) is 0 Å². The Morgan fingerprint density at radius 2 is 2.05 bits per heavy atom. The number of rotatable bonds is 6. The second-order valence-electron chi connectivity index (χ2n) is 5.28. The number of sulfonamides is 1. The van der Waals surface area contributed by atoms with Crippen molar-refractivity contribution in [1.82, 2.24) is 9.62 Å². The van der Waals surface area contributed by atoms with Gasteiger partial charge in [-0.25, -0.2) is 13.1 Å². The molecule has 0 aliphatic carbocycles. The van der Waals surface area contributed by atoms with Gasteiger partial charge in [0.05, 0.1) is 5.25 Å². The summed E-state index contributed by atoms with van der Waals surface area (Å²) in [4.78, 5) is 13.8. The molecule has 0 radical (unpaired) electrons. The van der Waals surface area contributed by atoms with Crippen molar-refractivity contribution in [1.29, 1.82) is 0 Å². The summed E-state index contributed by atoms with van der Waals surface area (Å²) < 4.78 is 26.4. The van der Waals surface area contributed by atoms with Gasteiger partial charge in [0, 0.05) is 26.1 Å². The maximum absolute atomic E-state index is 12.2. The number of nitrogens with zero attached hydrogens (tertiary/aromatic N) is 1. The van der Waals surface area contributed by atoms with E-state index in [1.807, 2.05) is 30.3 Å². The molecule has 0 aromatic heterocycles. The Balaban J connectivity index is 1.85. The minimum atomic E-state index is -3.29. The molecule has 1 aliphatic heterocycles. The zero-order chi connectivity index (χ0) is 15.3. The molecule has 0 spiro atoms. The summed E-state index contributed by atoms with van der Waals surface area (Å²) in [6, 6.07) is 9.84. The third-order valence-electron chi connectivity index (χ3n) is 3.75. The molecule has 1 saturated heterocycles. The maximum Gasteiger partial charge on any atom is 0.222 e. The van der Waals surface area contributed by atoms with E-state index in [0.29, 0.717) is 38.9 Å². The van der Waals surface area contributed by atoms with Crippen molar-refractivity contribution >= 4 is 15.9 Å². The maximum atomic E-state index is 12.2. The first kappa shape index (κ1) is 16.0. The van der Waals surface area contributed by atoms with Crippen LogP contribution >= 0.6 is 0 Å². The van der Waals surface area contributed by atoms with Crippen LogP contribution in [0, 0.1) is 0 Å². The molecule has 1 atom stereocenters. The summed E-state index contributed by atoms with van der Waals surface area (Å²) in [5.41, 5.74) is 1.13. The fourth-order valence-electron chi connectivity index (χ4n) is 2.58. The quantitative estimate of drug-likeness (QED) is 0.857. The van der Waals surface area contributed by atoms with Crippen LogP contribution in [0.2, 0.25) is 0 Å². The summed E-state index contributed by atoms with van der Waals surface area (Å²) >= 11 is 0. The lowest BCUT2D eigenvalue weighted by Gasteiger charge is -2.17. The summed E-state index contributed by atoms with van der Waals surface area (Å²) in [6.07, 6.45) is 1.64. The van der Waals surface area contributed by atoms with Crippen molar-refractivity contribution in [3.8, 4) is 0 Å². The monoisotopic (exact) mass is 310 g/mol. The molecule has 1 aromatic carbocycles. The van der Waals surface area contributed by atoms with Gasteiger partial charge in [-0.1, -0.05) is 37.3 Å². The lowest BCUT2D eigenvalue weighted by Crippen LogP contribution is -2.37. The van der Waals surface area contributed by atoms with Gasteiger partial charge in [0.2, 0.25) is 15.9 Å². The van der Waals surface area contributed by atoms with Gasteiger partial charge in [-0.3, -0.25) is 4.79 Å². The normalized spacial score (nSPS) is 18.9. The SMILES string of the molecule is CCNS(=O)(=O)[C@H]1CCN(C(=O)CCc2ccccc2)C1. The van der Waals surface area contributed by atoms with Gasteiger partial charge in [0.15, 0.2) is 0 Å². The number of likely N-dealkylation sites (tertiary alicyclic amines) is 1. The Morgan fingerprint density at radius 1 is 1.33 bits per heavy atom. The number of nitrogens with one attached hydrogen (secondary N) is 1. The highest BCUT2D eigenvalue weighted by Crippen LogP contribution is 2.17. The molecule has 0 saturated carbocycles. The van der Waals surface area contributed by atoms with E-state index in [1.165, 1.54) is 0 Å². The second-order valence-corrected chi connectivity index (χ2v) is 7.32. The Kier molecular flexibility index (Phi) is 5.36. The second kappa shape index (κ2) is 7.04. The Morgan fingerprint density at radius 3 is 2.71 bits per heavy atom. The smallest absolute Gasteiger partial charge is 0.222 e. The van der Waals surface area contributed by atoms with Crippen molar-refractivity contribution in [2.45, 2.75) is 31.4 Å². The van der Waals surface area contributed by atoms with Crippen LogP contribution in [0.3, 0.4) is 0 Å². The highest BCUT2D eigenvalue weighted by Gasteiger charge is 2.34. The van der Waals surface area contributed by atoms with Crippen LogP contribution in [-0.2, 0) is 21.2 Å². The van der Waals surface area contributed by atoms with Crippen LogP contribution in [0.1, 0.15) is 25.3 Å². The molecular formula is C15H22N2O3S. The molecule has 1 heterocycles. The van der Waals surface area contributed by atoms with Crippen LogP contribution in [0.25, 0.3) is 0 Å². The molecule has 0 bridgehead atoms. The molecule has 1 amide bonds. The van der Waals surface area contributed by atoms with Crippen LogP contribution in [0.5, 0.6) is 0 Å². The molecule has 0 unspecified atom stereocenters. The summed E-state index contributed by atoms with van der Waals surface area (Å²) in [6.45, 7) is 2.99. The topological polar surface area (TPSA) is 66.5 Å². The fraction of sp³-hybridized carbons (Fsp3) is 0.533. The highest BCUT2D eigenvalue weighted by atomic mass is 32.2. The average molecular weight is 310 g/mol. The molecule has 116 valence electrons. The molecule has 6 heteroatoms. The highest BCUT2D eigenvalue weighted by molar-refractivity contribution is 7.90. The van der Waals surface area contributed by atoms with E-state index in [9.17, 15) is 13.2 Å². The van der Waals surface area contributed by atoms with Crippen molar-refractivity contribution in [2.24, 2.45) is 0 Å². The molecule has 1 aliphatic rings. The molecule has 1 N–H and O–H groups in total. The van der Waals surface area contributed by atoms with Gasteiger partial charge in [0.1, 0.15) is 0 Å². The number of aryl methyl sites for hydroxylation is 1. The number of carbonyl (C=O) groups excluding carboxylic acids is 1. The minimum Gasteiger partial charge on any atom is -0.341 e. The summed E-state index contributed by atoms with van der Waals surface area (Å²) in [7, 11) is -3.29. The van der Waals surface area contributed by atoms with Gasteiger partial charge < -0.3 is 4.90 Å². The molecule has 1 aromatic rings. The first-order valence-electron chi connectivity index (χ1n) is 7.33. The van der Waals surface area contributed by atoms with E-state index in [0.717, 1.165) is 5.56 Å². The van der Waals surface area contributed by atoms with Crippen LogP contribution in [-0.4, -0.2) is 44.1 Å². The zero-order valence-corrected chi connectivity index (χ0v) is 13.1. The van der Waals surface area contributed by atoms with E-state index in [1.54, 1.807) is 11.8 Å². The first-order chi connectivity index (χ1) is 10.0. The van der Waals surface area contributed by atoms with Gasteiger partial charge in [0.25, 0.3) is 0 Å². The number of carbonyl (C=O) groups is 1. The predicted octanol–water partition coefficient (Wildman–Crippen LogP) is 1.16. The van der Waals surface area contributed by atoms with Crippen LogP contribution < -0.4 is 4.72 Å². The fourth-order valence-corrected chi connectivity index (χ4v) is 4.01. The van der Waals surface area contributed by atoms with Crippen molar-refractivity contribution in [2.75, 3.05) is 19.6 Å². The van der Waals surface area contributed by atoms with E-state index in [2.05, 4.69) is 4.72 Å². The average Bonchev–Trinajstić information content (AvgIpc) is 2.96. The van der Waals surface area contributed by atoms with Crippen molar-refractivity contribution in [3.63, 3.8) is 0 Å². The molecule has 21 heavy (non-hydrogen) atoms. The lowest BCUT2D eigenvalue weighted by atomic mass is 10.1. The van der Waals surface area contributed by atoms with Crippen molar-refractivity contribution < 1.29 is 13.2 Å². The largest absolute Gasteiger partial charge is 0.341 e. The van der Waals surface area contributed by atoms with Gasteiger partial charge in [-0.05, 0) is 18.4 Å². The van der Waals surface area contributed by atoms with E-state index in [4.69, 9.17) is 0 Å². The number of hydrogen-bond acceptors (Lipinski definition) is 3. The van der Waals surface area contributed by atoms with Crippen molar-refractivity contribution in [3.05, 3.63) is 35.9 Å². The first-order valence-corrected chi connectivity index (χ1v) is 8.87. The Hall–Kier alpha value is -1.40. The zero-order valence-electron chi connectivity index (χ0n) is 12.3. The van der Waals surface area contributed by atoms with Gasteiger partial charge >= 0.3 is 0 Å². The van der Waals surface area contributed by atoms with Crippen LogP contribution in [0.15, 0.2) is 30.3 Å². The minimum absolute atomic E-state index is 0.0352. The third kappa shape index (κ3) is 4.28. The predicted molar refractivity (Wildman–Crippen MR) is 82.3 cm³/mol. The lowest BCUT2D eigenvalue weighted by molar-refractivity contribution is -0.130.